The van der Waals surface area contributed by atoms with E-state index >= 15 is 0 Å². The first-order valence-electron chi connectivity index (χ1n) is 6.95. The highest BCUT2D eigenvalue weighted by atomic mass is 16.5. The molecule has 2 aromatic rings. The van der Waals surface area contributed by atoms with Crippen molar-refractivity contribution in [3.05, 3.63) is 41.7 Å². The molecule has 1 aromatic carbocycles. The van der Waals surface area contributed by atoms with Crippen LogP contribution in [0.1, 0.15) is 30.0 Å². The first-order valence-corrected chi connectivity index (χ1v) is 6.95. The zero-order chi connectivity index (χ0) is 16.3. The van der Waals surface area contributed by atoms with Gasteiger partial charge in [0.05, 0.1) is 0 Å². The SMILES string of the molecule is Cc1ccc(-c2cc(C(=O)N(CC(=O)O)C(C)C)on2)cc1. The summed E-state index contributed by atoms with van der Waals surface area (Å²) in [5.74, 6) is -1.52. The molecule has 1 N–H and O–H groups in total. The Hall–Kier alpha value is -2.63. The number of amides is 1. The molecule has 0 aliphatic heterocycles. The van der Waals surface area contributed by atoms with E-state index in [1.807, 2.05) is 31.2 Å². The molecular formula is C16H18N2O4. The lowest BCUT2D eigenvalue weighted by atomic mass is 10.1. The molecule has 0 bridgehead atoms. The minimum absolute atomic E-state index is 0.0329. The fourth-order valence-electron chi connectivity index (χ4n) is 2.01. The van der Waals surface area contributed by atoms with Crippen molar-refractivity contribution in [2.24, 2.45) is 0 Å². The third-order valence-corrected chi connectivity index (χ3v) is 3.26. The van der Waals surface area contributed by atoms with Gasteiger partial charge in [-0.05, 0) is 20.8 Å². The van der Waals surface area contributed by atoms with Gasteiger partial charge in [-0.3, -0.25) is 9.59 Å². The highest BCUT2D eigenvalue weighted by molar-refractivity contribution is 5.94. The van der Waals surface area contributed by atoms with Gasteiger partial charge < -0.3 is 14.5 Å². The van der Waals surface area contributed by atoms with Gasteiger partial charge in [-0.15, -0.1) is 0 Å². The van der Waals surface area contributed by atoms with Crippen molar-refractivity contribution in [2.45, 2.75) is 26.8 Å². The normalized spacial score (nSPS) is 10.7. The third-order valence-electron chi connectivity index (χ3n) is 3.26. The second-order valence-electron chi connectivity index (χ2n) is 5.36. The number of hydrogen-bond donors (Lipinski definition) is 1. The summed E-state index contributed by atoms with van der Waals surface area (Å²) in [4.78, 5) is 24.4. The second-order valence-corrected chi connectivity index (χ2v) is 5.36. The maximum Gasteiger partial charge on any atom is 0.323 e. The van der Waals surface area contributed by atoms with Crippen LogP contribution in [-0.2, 0) is 4.79 Å². The van der Waals surface area contributed by atoms with Gasteiger partial charge in [-0.25, -0.2) is 0 Å². The summed E-state index contributed by atoms with van der Waals surface area (Å²) in [5.41, 5.74) is 2.50. The molecule has 0 atom stereocenters. The number of benzene rings is 1. The van der Waals surface area contributed by atoms with Crippen LogP contribution in [0, 0.1) is 6.92 Å². The molecule has 0 radical (unpaired) electrons. The standard InChI is InChI=1S/C16H18N2O4/c1-10(2)18(9-15(19)20)16(21)14-8-13(17-22-14)12-6-4-11(3)5-7-12/h4-8,10H,9H2,1-3H3,(H,19,20). The summed E-state index contributed by atoms with van der Waals surface area (Å²) in [6, 6.07) is 8.94. The lowest BCUT2D eigenvalue weighted by molar-refractivity contribution is -0.138. The first kappa shape index (κ1) is 15.8. The molecule has 22 heavy (non-hydrogen) atoms. The molecule has 0 saturated heterocycles. The summed E-state index contributed by atoms with van der Waals surface area (Å²) in [7, 11) is 0. The highest BCUT2D eigenvalue weighted by Gasteiger charge is 2.25. The molecule has 0 aliphatic carbocycles. The Labute approximate surface area is 128 Å². The van der Waals surface area contributed by atoms with Gasteiger partial charge in [0.2, 0.25) is 5.76 Å². The average molecular weight is 302 g/mol. The van der Waals surface area contributed by atoms with E-state index < -0.39 is 11.9 Å². The number of carboxylic acid groups (broad SMARTS) is 1. The van der Waals surface area contributed by atoms with Crippen molar-refractivity contribution in [1.82, 2.24) is 10.1 Å². The average Bonchev–Trinajstić information content (AvgIpc) is 2.94. The van der Waals surface area contributed by atoms with Crippen molar-refractivity contribution in [2.75, 3.05) is 6.54 Å². The zero-order valence-corrected chi connectivity index (χ0v) is 12.7. The van der Waals surface area contributed by atoms with Crippen molar-refractivity contribution < 1.29 is 19.2 Å². The predicted octanol–water partition coefficient (Wildman–Crippen LogP) is 2.59. The Bertz CT molecular complexity index is 674. The highest BCUT2D eigenvalue weighted by Crippen LogP contribution is 2.20. The Morgan fingerprint density at radius 1 is 1.27 bits per heavy atom. The van der Waals surface area contributed by atoms with E-state index in [9.17, 15) is 9.59 Å². The van der Waals surface area contributed by atoms with Crippen LogP contribution in [0.3, 0.4) is 0 Å². The number of aliphatic carboxylic acids is 1. The molecule has 2 rings (SSSR count). The molecule has 1 heterocycles. The summed E-state index contributed by atoms with van der Waals surface area (Å²) < 4.78 is 5.09. The van der Waals surface area contributed by atoms with Crippen LogP contribution in [0.5, 0.6) is 0 Å². The maximum atomic E-state index is 12.3. The van der Waals surface area contributed by atoms with Crippen LogP contribution >= 0.6 is 0 Å². The van der Waals surface area contributed by atoms with Crippen LogP contribution < -0.4 is 0 Å². The minimum atomic E-state index is -1.07. The fourth-order valence-corrected chi connectivity index (χ4v) is 2.01. The molecule has 0 saturated carbocycles. The number of carboxylic acids is 1. The zero-order valence-electron chi connectivity index (χ0n) is 12.7. The van der Waals surface area contributed by atoms with Gasteiger partial charge in [-0.2, -0.15) is 0 Å². The van der Waals surface area contributed by atoms with Crippen molar-refractivity contribution in [1.29, 1.82) is 0 Å². The number of hydrogen-bond acceptors (Lipinski definition) is 4. The number of aryl methyl sites for hydroxylation is 1. The number of aromatic nitrogens is 1. The molecule has 6 heteroatoms. The number of carbonyl (C=O) groups is 2. The Morgan fingerprint density at radius 3 is 2.45 bits per heavy atom. The molecule has 0 fully saturated rings. The smallest absolute Gasteiger partial charge is 0.323 e. The summed E-state index contributed by atoms with van der Waals surface area (Å²) in [5, 5.41) is 12.8. The van der Waals surface area contributed by atoms with Gasteiger partial charge in [0.15, 0.2) is 0 Å². The maximum absolute atomic E-state index is 12.3. The topological polar surface area (TPSA) is 83.6 Å². The Kier molecular flexibility index (Phi) is 4.60. The van der Waals surface area contributed by atoms with Gasteiger partial charge in [0.1, 0.15) is 12.2 Å². The first-order chi connectivity index (χ1) is 10.4. The molecule has 0 unspecified atom stereocenters. The van der Waals surface area contributed by atoms with Gasteiger partial charge >= 0.3 is 5.97 Å². The van der Waals surface area contributed by atoms with E-state index in [-0.39, 0.29) is 18.3 Å². The van der Waals surface area contributed by atoms with E-state index in [0.29, 0.717) is 5.69 Å². The van der Waals surface area contributed by atoms with E-state index in [0.717, 1.165) is 11.1 Å². The molecule has 0 aliphatic rings. The molecule has 1 aromatic heterocycles. The molecular weight excluding hydrogens is 284 g/mol. The molecule has 116 valence electrons. The minimum Gasteiger partial charge on any atom is -0.480 e. The summed E-state index contributed by atoms with van der Waals surface area (Å²) in [6.45, 7) is 5.10. The van der Waals surface area contributed by atoms with Gasteiger partial charge in [0.25, 0.3) is 5.91 Å². The lowest BCUT2D eigenvalue weighted by Gasteiger charge is -2.23. The number of carbonyl (C=O) groups excluding carboxylic acids is 1. The Balaban J connectivity index is 2.24. The second kappa shape index (κ2) is 6.43. The monoisotopic (exact) mass is 302 g/mol. The van der Waals surface area contributed by atoms with Crippen molar-refractivity contribution in [3.63, 3.8) is 0 Å². The van der Waals surface area contributed by atoms with Gasteiger partial charge in [0, 0.05) is 17.7 Å². The summed E-state index contributed by atoms with van der Waals surface area (Å²) in [6.07, 6.45) is 0. The van der Waals surface area contributed by atoms with E-state index in [2.05, 4.69) is 5.16 Å². The number of nitrogens with zero attached hydrogens (tertiary/aromatic N) is 2. The van der Waals surface area contributed by atoms with Crippen LogP contribution in [0.4, 0.5) is 0 Å². The Morgan fingerprint density at radius 2 is 1.91 bits per heavy atom. The molecule has 1 amide bonds. The quantitative estimate of drug-likeness (QED) is 0.917. The van der Waals surface area contributed by atoms with E-state index in [4.69, 9.17) is 9.63 Å². The fraction of sp³-hybridized carbons (Fsp3) is 0.312. The van der Waals surface area contributed by atoms with Crippen molar-refractivity contribution >= 4 is 11.9 Å². The van der Waals surface area contributed by atoms with Crippen LogP contribution in [0.15, 0.2) is 34.9 Å². The summed E-state index contributed by atoms with van der Waals surface area (Å²) >= 11 is 0. The van der Waals surface area contributed by atoms with E-state index in [1.165, 1.54) is 11.0 Å². The largest absolute Gasteiger partial charge is 0.480 e. The molecule has 0 spiro atoms. The number of rotatable bonds is 5. The predicted molar refractivity (Wildman–Crippen MR) is 80.5 cm³/mol. The third kappa shape index (κ3) is 3.52. The molecule has 6 nitrogen and oxygen atoms in total. The van der Waals surface area contributed by atoms with Crippen LogP contribution in [0.2, 0.25) is 0 Å². The lowest BCUT2D eigenvalue weighted by Crippen LogP contribution is -2.40. The van der Waals surface area contributed by atoms with Crippen molar-refractivity contribution in [3.8, 4) is 11.3 Å². The van der Waals surface area contributed by atoms with E-state index in [1.54, 1.807) is 13.8 Å². The van der Waals surface area contributed by atoms with Crippen LogP contribution in [0.25, 0.3) is 11.3 Å². The van der Waals surface area contributed by atoms with Crippen LogP contribution in [-0.4, -0.2) is 39.6 Å². The van der Waals surface area contributed by atoms with Gasteiger partial charge in [-0.1, -0.05) is 35.0 Å².